The Morgan fingerprint density at radius 2 is 0.688 bits per heavy atom. The van der Waals surface area contributed by atoms with Gasteiger partial charge in [0.05, 0.1) is 37.1 Å². The fraction of sp³-hybridized carbons (Fsp3) is 0.897. The van der Waals surface area contributed by atoms with E-state index in [4.69, 9.17) is 63.9 Å². The van der Waals surface area contributed by atoms with Crippen molar-refractivity contribution in [3.8, 4) is 0 Å². The van der Waals surface area contributed by atoms with Gasteiger partial charge in [-0.15, -0.1) is 46.4 Å². The Hall–Kier alpha value is -0.790. The van der Waals surface area contributed by atoms with E-state index in [9.17, 15) is 20.4 Å². The van der Waals surface area contributed by atoms with Gasteiger partial charge in [0.25, 0.3) is 11.6 Å². The normalized spacial score (nSPS) is 13.2. The molecule has 0 saturated carbocycles. The van der Waals surface area contributed by atoms with Gasteiger partial charge in [-0.3, -0.25) is 8.42 Å². The molecule has 14 nitrogen and oxygen atoms in total. The molecule has 0 radical (unpaired) electrons. The summed E-state index contributed by atoms with van der Waals surface area (Å²) in [5, 5.41) is 45.8. The van der Waals surface area contributed by atoms with E-state index in [2.05, 4.69) is 67.5 Å². The Labute approximate surface area is 489 Å². The molecular formula is C58H112Cl4N6O8S. The summed E-state index contributed by atoms with van der Waals surface area (Å²) >= 11 is 23.0. The molecule has 0 aliphatic rings. The van der Waals surface area contributed by atoms with Crippen molar-refractivity contribution in [2.75, 3.05) is 49.7 Å². The summed E-state index contributed by atoms with van der Waals surface area (Å²) in [6.45, 7) is 10.2. The quantitative estimate of drug-likeness (QED) is 0.0122. The number of alkyl halides is 4. The van der Waals surface area contributed by atoms with Gasteiger partial charge >= 0.3 is 0 Å². The van der Waals surface area contributed by atoms with E-state index in [1.54, 1.807) is 0 Å². The molecule has 0 amide bonds. The number of nitrogens with zero attached hydrogens (tertiary/aromatic N) is 4. The smallest absolute Gasteiger partial charge is 0.256 e. The Balaban J connectivity index is 0.00000138. The Morgan fingerprint density at radius 1 is 0.442 bits per heavy atom. The Kier molecular flexibility index (Phi) is 53.9. The standard InChI is InChI=1S/2C29H56Cl2N3O2.H2O4S/c2*1-2-3-4-5-6-7-8-9-10-11-12-13-14-15-16-18-29-33(20-17-19-32-25-27(35)23-30)21-22-34(29)26-28(36)24-31;1-5(2,3)4/h2*21-22,27-28,32,35-36H,2-20,23-26H2,1H3;(H2,1,2,3,4)/q2*+1;/p-2. The molecule has 77 heavy (non-hydrogen) atoms. The second-order valence-electron chi connectivity index (χ2n) is 21.3. The Morgan fingerprint density at radius 3 is 0.935 bits per heavy atom. The van der Waals surface area contributed by atoms with Gasteiger partial charge in [-0.25, -0.2) is 18.3 Å². The molecule has 456 valence electrons. The van der Waals surface area contributed by atoms with Gasteiger partial charge in [0.2, 0.25) is 0 Å². The molecule has 0 aliphatic heterocycles. The van der Waals surface area contributed by atoms with Crippen LogP contribution < -0.4 is 19.8 Å². The van der Waals surface area contributed by atoms with Crippen molar-refractivity contribution in [1.82, 2.24) is 19.8 Å². The first-order valence-electron chi connectivity index (χ1n) is 30.4. The van der Waals surface area contributed by atoms with Gasteiger partial charge in [-0.1, -0.05) is 194 Å². The number of aliphatic hydroxyl groups is 4. The van der Waals surface area contributed by atoms with Crippen molar-refractivity contribution in [1.29, 1.82) is 0 Å². The molecule has 0 fully saturated rings. The summed E-state index contributed by atoms with van der Waals surface area (Å²) in [6, 6.07) is 0. The number of imidazole rings is 2. The average molecular weight is 1200 g/mol. The van der Waals surface area contributed by atoms with E-state index in [0.29, 0.717) is 26.2 Å². The molecule has 2 heterocycles. The molecule has 2 aromatic rings. The molecule has 2 rings (SSSR count). The highest BCUT2D eigenvalue weighted by molar-refractivity contribution is 7.79. The summed E-state index contributed by atoms with van der Waals surface area (Å²) in [5.41, 5.74) is 0. The van der Waals surface area contributed by atoms with Gasteiger partial charge < -0.3 is 40.2 Å². The van der Waals surface area contributed by atoms with Gasteiger partial charge in [0.15, 0.2) is 0 Å². The molecule has 0 saturated heterocycles. The molecule has 0 aromatic carbocycles. The number of rotatable bonds is 52. The van der Waals surface area contributed by atoms with Crippen LogP contribution >= 0.6 is 46.4 Å². The second-order valence-corrected chi connectivity index (χ2v) is 23.3. The van der Waals surface area contributed by atoms with Crippen LogP contribution in [0, 0.1) is 0 Å². The summed E-state index contributed by atoms with van der Waals surface area (Å²) < 4.78 is 43.0. The summed E-state index contributed by atoms with van der Waals surface area (Å²) in [5.74, 6) is 3.57. The van der Waals surface area contributed by atoms with Crippen LogP contribution in [0.5, 0.6) is 0 Å². The molecule has 6 N–H and O–H groups in total. The van der Waals surface area contributed by atoms with Gasteiger partial charge in [0.1, 0.15) is 50.1 Å². The molecule has 19 heteroatoms. The zero-order chi connectivity index (χ0) is 57.0. The zero-order valence-corrected chi connectivity index (χ0v) is 52.1. The van der Waals surface area contributed by atoms with E-state index in [1.165, 1.54) is 204 Å². The highest BCUT2D eigenvalue weighted by atomic mass is 35.5. The molecule has 0 aliphatic carbocycles. The van der Waals surface area contributed by atoms with E-state index in [-0.39, 0.29) is 23.5 Å². The highest BCUT2D eigenvalue weighted by Gasteiger charge is 2.21. The fourth-order valence-electron chi connectivity index (χ4n) is 9.57. The molecule has 4 unspecified atom stereocenters. The number of nitrogens with one attached hydrogen (secondary N) is 2. The number of hydrogen-bond acceptors (Lipinski definition) is 10. The monoisotopic (exact) mass is 1190 g/mol. The van der Waals surface area contributed by atoms with Crippen LogP contribution in [0.2, 0.25) is 0 Å². The largest absolute Gasteiger partial charge is 0.759 e. The van der Waals surface area contributed by atoms with Crippen LogP contribution in [0.3, 0.4) is 0 Å². The van der Waals surface area contributed by atoms with Gasteiger partial charge in [-0.2, -0.15) is 0 Å². The lowest BCUT2D eigenvalue weighted by molar-refractivity contribution is -0.709. The van der Waals surface area contributed by atoms with Crippen molar-refractivity contribution in [2.24, 2.45) is 0 Å². The van der Waals surface area contributed by atoms with Crippen molar-refractivity contribution < 1.29 is 47.1 Å². The third-order valence-corrected chi connectivity index (χ3v) is 15.4. The van der Waals surface area contributed by atoms with Crippen molar-refractivity contribution in [3.05, 3.63) is 36.4 Å². The first-order valence-corrected chi connectivity index (χ1v) is 33.9. The van der Waals surface area contributed by atoms with Crippen LogP contribution in [-0.4, -0.2) is 121 Å². The third-order valence-electron chi connectivity index (χ3n) is 14.0. The molecule has 0 bridgehead atoms. The lowest BCUT2D eigenvalue weighted by atomic mass is 10.0. The lowest BCUT2D eigenvalue weighted by Gasteiger charge is -2.10. The van der Waals surface area contributed by atoms with Crippen LogP contribution in [0.25, 0.3) is 0 Å². The maximum Gasteiger partial charge on any atom is 0.256 e. The molecule has 0 spiro atoms. The topological polar surface area (TPSA) is 203 Å². The van der Waals surface area contributed by atoms with E-state index in [0.717, 1.165) is 51.9 Å². The second kappa shape index (κ2) is 54.5. The maximum atomic E-state index is 10.1. The molecule has 2 aromatic heterocycles. The predicted octanol–water partition coefficient (Wildman–Crippen LogP) is 11.4. The highest BCUT2D eigenvalue weighted by Crippen LogP contribution is 2.16. The van der Waals surface area contributed by atoms with Crippen molar-refractivity contribution >= 4 is 56.8 Å². The summed E-state index contributed by atoms with van der Waals surface area (Å²) in [6.07, 6.45) is 51.6. The fourth-order valence-corrected chi connectivity index (χ4v) is 9.98. The van der Waals surface area contributed by atoms with Gasteiger partial charge in [0, 0.05) is 48.1 Å². The number of aromatic nitrogens is 4. The van der Waals surface area contributed by atoms with Crippen LogP contribution in [0.1, 0.15) is 231 Å². The number of aryl methyl sites for hydroxylation is 2. The SMILES string of the molecule is CCCCCCCCCCCCCCCCCc1n(CCCNCC(O)CCl)cc[n+]1CC(O)CCl.CCCCCCCCCCCCCCCCCc1n(CCCNCC(O)CCl)cc[n+]1CC(O)CCl.O=S(=O)([O-])[O-]. The number of halogens is 4. The number of aliphatic hydroxyl groups excluding tert-OH is 4. The lowest BCUT2D eigenvalue weighted by Crippen LogP contribution is -2.43. The Bertz CT molecular complexity index is 1570. The minimum atomic E-state index is -5.17. The van der Waals surface area contributed by atoms with E-state index >= 15 is 0 Å². The van der Waals surface area contributed by atoms with Crippen molar-refractivity contribution in [3.63, 3.8) is 0 Å². The number of hydrogen-bond donors (Lipinski definition) is 6. The summed E-state index contributed by atoms with van der Waals surface area (Å²) in [4.78, 5) is 0. The summed E-state index contributed by atoms with van der Waals surface area (Å²) in [7, 11) is -5.17. The minimum Gasteiger partial charge on any atom is -0.759 e. The zero-order valence-electron chi connectivity index (χ0n) is 48.3. The predicted molar refractivity (Wildman–Crippen MR) is 319 cm³/mol. The van der Waals surface area contributed by atoms with Gasteiger partial charge in [-0.05, 0) is 38.8 Å². The maximum absolute atomic E-state index is 10.1. The average Bonchev–Trinajstić information content (AvgIpc) is 3.98. The number of unbranched alkanes of at least 4 members (excludes halogenated alkanes) is 28. The molecule has 4 atom stereocenters. The van der Waals surface area contributed by atoms with Crippen LogP contribution in [0.15, 0.2) is 24.8 Å². The first-order chi connectivity index (χ1) is 37.2. The third kappa shape index (κ3) is 48.5. The minimum absolute atomic E-state index is 0.253. The van der Waals surface area contributed by atoms with E-state index in [1.807, 2.05) is 0 Å². The van der Waals surface area contributed by atoms with Crippen LogP contribution in [0.4, 0.5) is 0 Å². The first kappa shape index (κ1) is 76.2. The van der Waals surface area contributed by atoms with Crippen LogP contribution in [-0.2, 0) is 49.4 Å². The van der Waals surface area contributed by atoms with Crippen molar-refractivity contribution in [2.45, 2.75) is 283 Å². The molecular weight excluding hydrogens is 1080 g/mol. The van der Waals surface area contributed by atoms with E-state index < -0.39 is 34.8 Å².